The van der Waals surface area contributed by atoms with E-state index in [1.165, 1.54) is 0 Å². The van der Waals surface area contributed by atoms with Crippen LogP contribution in [0.25, 0.3) is 0 Å². The third-order valence-electron chi connectivity index (χ3n) is 1.91. The lowest BCUT2D eigenvalue weighted by molar-refractivity contribution is 0.567. The van der Waals surface area contributed by atoms with Crippen molar-refractivity contribution >= 4 is 10.0 Å². The number of nitrogens with one attached hydrogen (secondary N) is 1. The fourth-order valence-electron chi connectivity index (χ4n) is 1.29. The number of hydrogen-bond donors (Lipinski definition) is 2. The summed E-state index contributed by atoms with van der Waals surface area (Å²) in [6.45, 7) is 0. The van der Waals surface area contributed by atoms with Gasteiger partial charge in [0.1, 0.15) is 0 Å². The van der Waals surface area contributed by atoms with Crippen LogP contribution in [0.5, 0.6) is 0 Å². The maximum absolute atomic E-state index is 11.0. The SMILES string of the molecule is NNS(=O)(=O)C1CCCC1. The Balaban J connectivity index is 2.63. The molecule has 1 fully saturated rings. The molecule has 1 aliphatic rings. The van der Waals surface area contributed by atoms with E-state index in [9.17, 15) is 8.42 Å². The quantitative estimate of drug-likeness (QED) is 0.435. The first-order chi connectivity index (χ1) is 4.67. The van der Waals surface area contributed by atoms with Crippen LogP contribution in [-0.4, -0.2) is 13.7 Å². The van der Waals surface area contributed by atoms with Crippen molar-refractivity contribution in [1.29, 1.82) is 0 Å². The van der Waals surface area contributed by atoms with Gasteiger partial charge in [-0.25, -0.2) is 8.42 Å². The van der Waals surface area contributed by atoms with Crippen molar-refractivity contribution in [2.24, 2.45) is 5.84 Å². The first-order valence-corrected chi connectivity index (χ1v) is 4.92. The molecule has 60 valence electrons. The van der Waals surface area contributed by atoms with E-state index in [1.54, 1.807) is 0 Å². The molecule has 4 nitrogen and oxygen atoms in total. The van der Waals surface area contributed by atoms with Gasteiger partial charge >= 0.3 is 0 Å². The first-order valence-electron chi connectivity index (χ1n) is 3.38. The van der Waals surface area contributed by atoms with E-state index in [4.69, 9.17) is 5.84 Å². The highest BCUT2D eigenvalue weighted by atomic mass is 32.2. The summed E-state index contributed by atoms with van der Waals surface area (Å²) in [6, 6.07) is 0. The first kappa shape index (κ1) is 7.97. The molecule has 0 atom stereocenters. The minimum absolute atomic E-state index is 0.238. The fourth-order valence-corrected chi connectivity index (χ4v) is 2.44. The predicted molar refractivity (Wildman–Crippen MR) is 38.5 cm³/mol. The molecule has 0 aliphatic heterocycles. The third kappa shape index (κ3) is 1.47. The van der Waals surface area contributed by atoms with Crippen LogP contribution in [-0.2, 0) is 10.0 Å². The average Bonchev–Trinajstić information content (AvgIpc) is 2.38. The number of sulfonamides is 1. The molecule has 0 aromatic rings. The predicted octanol–water partition coefficient (Wildman–Crippen LogP) is -0.278. The van der Waals surface area contributed by atoms with E-state index >= 15 is 0 Å². The number of nitrogens with two attached hydrogens (primary N) is 1. The third-order valence-corrected chi connectivity index (χ3v) is 3.58. The summed E-state index contributed by atoms with van der Waals surface area (Å²) in [6.07, 6.45) is 3.52. The largest absolute Gasteiger partial charge is 0.258 e. The van der Waals surface area contributed by atoms with Gasteiger partial charge in [0.15, 0.2) is 0 Å². The van der Waals surface area contributed by atoms with Gasteiger partial charge in [0.05, 0.1) is 5.25 Å². The molecule has 1 rings (SSSR count). The molecular weight excluding hydrogens is 152 g/mol. The van der Waals surface area contributed by atoms with Crippen molar-refractivity contribution in [2.45, 2.75) is 30.9 Å². The molecule has 0 spiro atoms. The van der Waals surface area contributed by atoms with Gasteiger partial charge in [0.2, 0.25) is 10.0 Å². The van der Waals surface area contributed by atoms with Crippen LogP contribution in [0.15, 0.2) is 0 Å². The summed E-state index contributed by atoms with van der Waals surface area (Å²) >= 11 is 0. The van der Waals surface area contributed by atoms with Gasteiger partial charge in [-0.3, -0.25) is 5.84 Å². The zero-order valence-electron chi connectivity index (χ0n) is 5.71. The van der Waals surface area contributed by atoms with Crippen molar-refractivity contribution in [1.82, 2.24) is 4.83 Å². The molecule has 3 N–H and O–H groups in total. The van der Waals surface area contributed by atoms with E-state index in [0.29, 0.717) is 0 Å². The molecule has 1 aliphatic carbocycles. The van der Waals surface area contributed by atoms with Crippen molar-refractivity contribution in [3.05, 3.63) is 0 Å². The van der Waals surface area contributed by atoms with Gasteiger partial charge in [-0.15, -0.1) is 0 Å². The van der Waals surface area contributed by atoms with Crippen LogP contribution < -0.4 is 10.7 Å². The lowest BCUT2D eigenvalue weighted by atomic mass is 10.4. The Morgan fingerprint density at radius 1 is 1.30 bits per heavy atom. The van der Waals surface area contributed by atoms with E-state index in [0.717, 1.165) is 25.7 Å². The monoisotopic (exact) mass is 164 g/mol. The standard InChI is InChI=1S/C5H12N2O2S/c6-7-10(8,9)5-3-1-2-4-5/h5,7H,1-4,6H2. The summed E-state index contributed by atoms with van der Waals surface area (Å²) in [4.78, 5) is 1.86. The molecule has 0 bridgehead atoms. The second-order valence-electron chi connectivity index (χ2n) is 2.57. The van der Waals surface area contributed by atoms with E-state index in [2.05, 4.69) is 0 Å². The van der Waals surface area contributed by atoms with Gasteiger partial charge in [0.25, 0.3) is 0 Å². The van der Waals surface area contributed by atoms with Crippen LogP contribution in [0.3, 0.4) is 0 Å². The average molecular weight is 164 g/mol. The summed E-state index contributed by atoms with van der Waals surface area (Å²) in [7, 11) is -3.17. The lowest BCUT2D eigenvalue weighted by Gasteiger charge is -2.07. The molecule has 1 saturated carbocycles. The Hall–Kier alpha value is -0.130. The Morgan fingerprint density at radius 3 is 2.20 bits per heavy atom. The lowest BCUT2D eigenvalue weighted by Crippen LogP contribution is -2.37. The Bertz CT molecular complexity index is 194. The smallest absolute Gasteiger partial charge is 0.226 e. The molecule has 0 radical (unpaired) electrons. The van der Waals surface area contributed by atoms with Crippen LogP contribution in [0.1, 0.15) is 25.7 Å². The minimum atomic E-state index is -3.17. The van der Waals surface area contributed by atoms with E-state index in [1.807, 2.05) is 4.83 Å². The minimum Gasteiger partial charge on any atom is -0.258 e. The van der Waals surface area contributed by atoms with Gasteiger partial charge in [-0.2, -0.15) is 4.83 Å². The van der Waals surface area contributed by atoms with Gasteiger partial charge < -0.3 is 0 Å². The highest BCUT2D eigenvalue weighted by Crippen LogP contribution is 2.23. The summed E-state index contributed by atoms with van der Waals surface area (Å²) in [5, 5.41) is -0.238. The molecule has 0 aromatic heterocycles. The van der Waals surface area contributed by atoms with Gasteiger partial charge in [-0.05, 0) is 12.8 Å². The molecule has 0 amide bonds. The molecule has 0 unspecified atom stereocenters. The molecule has 10 heavy (non-hydrogen) atoms. The maximum atomic E-state index is 11.0. The zero-order valence-corrected chi connectivity index (χ0v) is 6.52. The second kappa shape index (κ2) is 2.86. The Kier molecular flexibility index (Phi) is 2.28. The van der Waals surface area contributed by atoms with Crippen molar-refractivity contribution in [3.63, 3.8) is 0 Å². The van der Waals surface area contributed by atoms with E-state index in [-0.39, 0.29) is 5.25 Å². The van der Waals surface area contributed by atoms with Crippen molar-refractivity contribution in [2.75, 3.05) is 0 Å². The van der Waals surface area contributed by atoms with Crippen LogP contribution in [0.4, 0.5) is 0 Å². The van der Waals surface area contributed by atoms with Gasteiger partial charge in [-0.1, -0.05) is 12.8 Å². The Morgan fingerprint density at radius 2 is 1.80 bits per heavy atom. The molecule has 5 heteroatoms. The van der Waals surface area contributed by atoms with Crippen LogP contribution in [0.2, 0.25) is 0 Å². The maximum Gasteiger partial charge on any atom is 0.226 e. The second-order valence-corrected chi connectivity index (χ2v) is 4.56. The van der Waals surface area contributed by atoms with Crippen LogP contribution in [0, 0.1) is 0 Å². The molecular formula is C5H12N2O2S. The summed E-state index contributed by atoms with van der Waals surface area (Å²) in [5.74, 6) is 4.85. The zero-order chi connectivity index (χ0) is 7.61. The Labute approximate surface area is 60.8 Å². The van der Waals surface area contributed by atoms with E-state index < -0.39 is 10.0 Å². The summed E-state index contributed by atoms with van der Waals surface area (Å²) in [5.41, 5.74) is 0. The highest BCUT2D eigenvalue weighted by Gasteiger charge is 2.27. The van der Waals surface area contributed by atoms with Gasteiger partial charge in [0, 0.05) is 0 Å². The molecule has 0 saturated heterocycles. The normalized spacial score (nSPS) is 21.7. The highest BCUT2D eigenvalue weighted by molar-refractivity contribution is 7.90. The summed E-state index contributed by atoms with van der Waals surface area (Å²) < 4.78 is 21.9. The van der Waals surface area contributed by atoms with Crippen molar-refractivity contribution < 1.29 is 8.42 Å². The van der Waals surface area contributed by atoms with Crippen molar-refractivity contribution in [3.8, 4) is 0 Å². The number of hydrazine groups is 1. The van der Waals surface area contributed by atoms with Crippen LogP contribution >= 0.6 is 0 Å². The topological polar surface area (TPSA) is 72.2 Å². The molecule has 0 heterocycles. The fraction of sp³-hybridized carbons (Fsp3) is 1.00. The number of hydrogen-bond acceptors (Lipinski definition) is 3. The molecule has 0 aromatic carbocycles. The number of rotatable bonds is 2.